The number of furan rings is 1. The van der Waals surface area contributed by atoms with Gasteiger partial charge in [0.15, 0.2) is 0 Å². The van der Waals surface area contributed by atoms with Crippen LogP contribution in [0.15, 0.2) is 47.1 Å². The average Bonchev–Trinajstić information content (AvgIpc) is 2.82. The summed E-state index contributed by atoms with van der Waals surface area (Å²) < 4.78 is 5.50. The zero-order chi connectivity index (χ0) is 12.4. The quantitative estimate of drug-likeness (QED) is 0.762. The summed E-state index contributed by atoms with van der Waals surface area (Å²) in [6.07, 6.45) is 3.39. The fourth-order valence-corrected chi connectivity index (χ4v) is 1.84. The van der Waals surface area contributed by atoms with Gasteiger partial charge in [0.1, 0.15) is 11.5 Å². The fourth-order valence-electron chi connectivity index (χ4n) is 1.84. The molecule has 0 aliphatic heterocycles. The predicted octanol–water partition coefficient (Wildman–Crippen LogP) is 3.14. The van der Waals surface area contributed by atoms with Crippen molar-refractivity contribution in [3.63, 3.8) is 0 Å². The standard InChI is InChI=1S/C14H13N3O/c1-10-2-4-12(18-10)9-17-11-3-5-13-14(8-11)16-7-6-15-13/h2-8,17H,9H2,1H3. The molecule has 0 amide bonds. The molecule has 0 radical (unpaired) electrons. The topological polar surface area (TPSA) is 51.0 Å². The van der Waals surface area contributed by atoms with Crippen molar-refractivity contribution in [1.29, 1.82) is 0 Å². The van der Waals surface area contributed by atoms with Crippen LogP contribution in [0.3, 0.4) is 0 Å². The molecular weight excluding hydrogens is 226 g/mol. The van der Waals surface area contributed by atoms with Crippen LogP contribution in [0.1, 0.15) is 11.5 Å². The van der Waals surface area contributed by atoms with Crippen LogP contribution < -0.4 is 5.32 Å². The van der Waals surface area contributed by atoms with E-state index in [1.165, 1.54) is 0 Å². The summed E-state index contributed by atoms with van der Waals surface area (Å²) in [5, 5.41) is 3.30. The van der Waals surface area contributed by atoms with Crippen LogP contribution in [0, 0.1) is 6.92 Å². The van der Waals surface area contributed by atoms with E-state index in [9.17, 15) is 0 Å². The second kappa shape index (κ2) is 4.49. The molecule has 0 bridgehead atoms. The molecule has 0 unspecified atom stereocenters. The van der Waals surface area contributed by atoms with Gasteiger partial charge in [0.05, 0.1) is 17.6 Å². The normalized spacial score (nSPS) is 10.7. The number of nitrogens with zero attached hydrogens (tertiary/aromatic N) is 2. The zero-order valence-corrected chi connectivity index (χ0v) is 10.1. The molecule has 0 saturated carbocycles. The van der Waals surface area contributed by atoms with E-state index in [0.717, 1.165) is 28.2 Å². The van der Waals surface area contributed by atoms with Crippen LogP contribution in [0.2, 0.25) is 0 Å². The van der Waals surface area contributed by atoms with Crippen molar-refractivity contribution in [2.45, 2.75) is 13.5 Å². The molecule has 0 fully saturated rings. The summed E-state index contributed by atoms with van der Waals surface area (Å²) in [5.74, 6) is 1.85. The predicted molar refractivity (Wildman–Crippen MR) is 70.3 cm³/mol. The Morgan fingerprint density at radius 2 is 1.89 bits per heavy atom. The first kappa shape index (κ1) is 10.8. The third-order valence-corrected chi connectivity index (χ3v) is 2.73. The van der Waals surface area contributed by atoms with Gasteiger partial charge >= 0.3 is 0 Å². The number of anilines is 1. The Morgan fingerprint density at radius 3 is 2.67 bits per heavy atom. The van der Waals surface area contributed by atoms with Gasteiger partial charge in [0.2, 0.25) is 0 Å². The van der Waals surface area contributed by atoms with Gasteiger partial charge in [-0.3, -0.25) is 9.97 Å². The molecule has 0 aliphatic carbocycles. The maximum atomic E-state index is 5.50. The van der Waals surface area contributed by atoms with Crippen LogP contribution in [-0.2, 0) is 6.54 Å². The zero-order valence-electron chi connectivity index (χ0n) is 10.1. The molecule has 2 heterocycles. The van der Waals surface area contributed by atoms with Gasteiger partial charge in [0.25, 0.3) is 0 Å². The lowest BCUT2D eigenvalue weighted by atomic mass is 10.2. The lowest BCUT2D eigenvalue weighted by Crippen LogP contribution is -1.98. The summed E-state index contributed by atoms with van der Waals surface area (Å²) in [6, 6.07) is 9.87. The Balaban J connectivity index is 1.78. The van der Waals surface area contributed by atoms with Gasteiger partial charge in [0, 0.05) is 18.1 Å². The Morgan fingerprint density at radius 1 is 1.06 bits per heavy atom. The second-order valence-corrected chi connectivity index (χ2v) is 4.13. The van der Waals surface area contributed by atoms with Crippen LogP contribution in [0.5, 0.6) is 0 Å². The molecule has 1 aromatic carbocycles. The lowest BCUT2D eigenvalue weighted by molar-refractivity contribution is 0.490. The van der Waals surface area contributed by atoms with Crippen molar-refractivity contribution in [2.24, 2.45) is 0 Å². The minimum Gasteiger partial charge on any atom is -0.465 e. The third-order valence-electron chi connectivity index (χ3n) is 2.73. The van der Waals surface area contributed by atoms with E-state index in [2.05, 4.69) is 15.3 Å². The Labute approximate surface area is 105 Å². The largest absolute Gasteiger partial charge is 0.465 e. The third kappa shape index (κ3) is 2.18. The molecule has 4 nitrogen and oxygen atoms in total. The van der Waals surface area contributed by atoms with Gasteiger partial charge in [-0.25, -0.2) is 0 Å². The summed E-state index contributed by atoms with van der Waals surface area (Å²) in [4.78, 5) is 8.51. The van der Waals surface area contributed by atoms with Crippen molar-refractivity contribution in [3.8, 4) is 0 Å². The van der Waals surface area contributed by atoms with E-state index in [1.807, 2.05) is 37.3 Å². The van der Waals surface area contributed by atoms with Crippen molar-refractivity contribution >= 4 is 16.7 Å². The number of benzene rings is 1. The number of aromatic nitrogens is 2. The first-order chi connectivity index (χ1) is 8.81. The Kier molecular flexibility index (Phi) is 2.68. The summed E-state index contributed by atoms with van der Waals surface area (Å²) in [7, 11) is 0. The molecule has 0 aliphatic rings. The Bertz CT molecular complexity index is 675. The minimum absolute atomic E-state index is 0.666. The van der Waals surface area contributed by atoms with Gasteiger partial charge in [-0.05, 0) is 37.3 Å². The van der Waals surface area contributed by atoms with Gasteiger partial charge in [-0.15, -0.1) is 0 Å². The molecule has 0 saturated heterocycles. The van der Waals surface area contributed by atoms with Gasteiger partial charge < -0.3 is 9.73 Å². The monoisotopic (exact) mass is 239 g/mol. The number of hydrogen-bond donors (Lipinski definition) is 1. The van der Waals surface area contributed by atoms with Crippen molar-refractivity contribution in [2.75, 3.05) is 5.32 Å². The summed E-state index contributed by atoms with van der Waals surface area (Å²) in [6.45, 7) is 2.61. The summed E-state index contributed by atoms with van der Waals surface area (Å²) >= 11 is 0. The van der Waals surface area contributed by atoms with Crippen LogP contribution >= 0.6 is 0 Å². The molecule has 4 heteroatoms. The highest BCUT2D eigenvalue weighted by Gasteiger charge is 2.00. The molecular formula is C14H13N3O. The molecule has 90 valence electrons. The first-order valence-electron chi connectivity index (χ1n) is 5.81. The van der Waals surface area contributed by atoms with Crippen molar-refractivity contribution in [1.82, 2.24) is 9.97 Å². The molecule has 0 spiro atoms. The second-order valence-electron chi connectivity index (χ2n) is 4.13. The van der Waals surface area contributed by atoms with Crippen molar-refractivity contribution < 1.29 is 4.42 Å². The van der Waals surface area contributed by atoms with Gasteiger partial charge in [-0.1, -0.05) is 0 Å². The van der Waals surface area contributed by atoms with Crippen LogP contribution in [0.4, 0.5) is 5.69 Å². The number of fused-ring (bicyclic) bond motifs is 1. The molecule has 2 aromatic heterocycles. The van der Waals surface area contributed by atoms with E-state index in [-0.39, 0.29) is 0 Å². The maximum Gasteiger partial charge on any atom is 0.123 e. The summed E-state index contributed by atoms with van der Waals surface area (Å²) in [5.41, 5.74) is 2.80. The highest BCUT2D eigenvalue weighted by atomic mass is 16.3. The van der Waals surface area contributed by atoms with E-state index in [0.29, 0.717) is 6.54 Å². The van der Waals surface area contributed by atoms with Crippen LogP contribution in [0.25, 0.3) is 11.0 Å². The van der Waals surface area contributed by atoms with E-state index >= 15 is 0 Å². The number of hydrogen-bond acceptors (Lipinski definition) is 4. The SMILES string of the molecule is Cc1ccc(CNc2ccc3nccnc3c2)o1. The molecule has 18 heavy (non-hydrogen) atoms. The maximum absolute atomic E-state index is 5.50. The smallest absolute Gasteiger partial charge is 0.123 e. The molecule has 3 aromatic rings. The van der Waals surface area contributed by atoms with E-state index in [4.69, 9.17) is 4.42 Å². The molecule has 3 rings (SSSR count). The average molecular weight is 239 g/mol. The fraction of sp³-hybridized carbons (Fsp3) is 0.143. The van der Waals surface area contributed by atoms with E-state index < -0.39 is 0 Å². The highest BCUT2D eigenvalue weighted by Crippen LogP contribution is 2.16. The molecule has 1 N–H and O–H groups in total. The molecule has 0 atom stereocenters. The van der Waals surface area contributed by atoms with E-state index in [1.54, 1.807) is 12.4 Å². The van der Waals surface area contributed by atoms with Crippen molar-refractivity contribution in [3.05, 3.63) is 54.2 Å². The number of aryl methyl sites for hydroxylation is 1. The number of rotatable bonds is 3. The van der Waals surface area contributed by atoms with Crippen LogP contribution in [-0.4, -0.2) is 9.97 Å². The van der Waals surface area contributed by atoms with Gasteiger partial charge in [-0.2, -0.15) is 0 Å². The number of nitrogens with one attached hydrogen (secondary N) is 1. The Hall–Kier alpha value is -2.36. The highest BCUT2D eigenvalue weighted by molar-refractivity contribution is 5.78. The lowest BCUT2D eigenvalue weighted by Gasteiger charge is -2.05. The minimum atomic E-state index is 0.666. The first-order valence-corrected chi connectivity index (χ1v) is 5.81.